The number of ether oxygens (including phenoxy) is 2. The van der Waals surface area contributed by atoms with Gasteiger partial charge in [0.1, 0.15) is 11.5 Å². The Morgan fingerprint density at radius 1 is 0.952 bits per heavy atom. The third-order valence-electron chi connectivity index (χ3n) is 2.58. The zero-order valence-electron chi connectivity index (χ0n) is 11.1. The molecule has 0 bridgehead atoms. The molecule has 1 aliphatic rings. The number of rotatable bonds is 2. The Morgan fingerprint density at radius 2 is 1.43 bits per heavy atom. The van der Waals surface area contributed by atoms with Crippen LogP contribution in [0.25, 0.3) is 0 Å². The summed E-state index contributed by atoms with van der Waals surface area (Å²) < 4.78 is 9.80. The summed E-state index contributed by atoms with van der Waals surface area (Å²) in [5, 5.41) is -0.305. The lowest BCUT2D eigenvalue weighted by molar-refractivity contribution is -0.133. The van der Waals surface area contributed by atoms with Crippen molar-refractivity contribution in [2.24, 2.45) is 0 Å². The number of hydrogen-bond donors (Lipinski definition) is 0. The normalized spacial score (nSPS) is 13.4. The third kappa shape index (κ3) is 2.85. The van der Waals surface area contributed by atoms with E-state index in [1.807, 2.05) is 0 Å². The average Bonchev–Trinajstić information content (AvgIpc) is 2.36. The number of carbonyl (C=O) groups is 4. The van der Waals surface area contributed by atoms with Gasteiger partial charge in [0.15, 0.2) is 5.78 Å². The van der Waals surface area contributed by atoms with E-state index in [4.69, 9.17) is 21.1 Å². The Kier molecular flexibility index (Phi) is 3.90. The molecule has 0 atom stereocenters. The van der Waals surface area contributed by atoms with Crippen LogP contribution in [-0.4, -0.2) is 23.5 Å². The predicted molar refractivity (Wildman–Crippen MR) is 71.7 cm³/mol. The number of Topliss-reactive ketones (excluding diaryl/α,β-unsaturated/α-hetero) is 1. The summed E-state index contributed by atoms with van der Waals surface area (Å²) in [4.78, 5) is 46.3. The van der Waals surface area contributed by atoms with Crippen LogP contribution in [0.5, 0.6) is 11.5 Å². The minimum atomic E-state index is -0.684. The number of fused-ring (bicyclic) bond motifs is 1. The first-order valence-electron chi connectivity index (χ1n) is 5.81. The molecule has 0 fully saturated rings. The molecule has 0 unspecified atom stereocenters. The first kappa shape index (κ1) is 14.9. The van der Waals surface area contributed by atoms with Gasteiger partial charge in [-0.05, 0) is 12.1 Å². The Morgan fingerprint density at radius 3 is 1.90 bits per heavy atom. The molecule has 0 radical (unpaired) electrons. The highest BCUT2D eigenvalue weighted by Gasteiger charge is 2.32. The molecule has 2 rings (SSSR count). The minimum Gasteiger partial charge on any atom is -0.426 e. The van der Waals surface area contributed by atoms with E-state index in [-0.39, 0.29) is 27.7 Å². The van der Waals surface area contributed by atoms with Crippen LogP contribution < -0.4 is 9.47 Å². The van der Waals surface area contributed by atoms with Crippen LogP contribution in [-0.2, 0) is 9.59 Å². The Bertz CT molecular complexity index is 716. The second-order valence-corrected chi connectivity index (χ2v) is 4.59. The largest absolute Gasteiger partial charge is 0.426 e. The van der Waals surface area contributed by atoms with E-state index in [2.05, 4.69) is 0 Å². The molecule has 6 nitrogen and oxygen atoms in total. The van der Waals surface area contributed by atoms with Crippen molar-refractivity contribution in [2.75, 3.05) is 0 Å². The van der Waals surface area contributed by atoms with E-state index >= 15 is 0 Å². The van der Waals surface area contributed by atoms with Crippen molar-refractivity contribution in [3.8, 4) is 11.5 Å². The van der Waals surface area contributed by atoms with E-state index in [1.54, 1.807) is 0 Å². The maximum absolute atomic E-state index is 12.1. The summed E-state index contributed by atoms with van der Waals surface area (Å²) in [5.41, 5.74) is -0.347. The summed E-state index contributed by atoms with van der Waals surface area (Å²) in [7, 11) is 0. The van der Waals surface area contributed by atoms with Gasteiger partial charge in [0.05, 0.1) is 16.2 Å². The standard InChI is InChI=1S/C14H9ClO6/c1-6(16)20-10-3-4-11(21-7(2)17)13-12(10)9(18)5-8(15)14(13)19/h3-5H,1-2H3. The van der Waals surface area contributed by atoms with E-state index in [9.17, 15) is 19.2 Å². The van der Waals surface area contributed by atoms with Crippen molar-refractivity contribution in [3.63, 3.8) is 0 Å². The molecule has 0 saturated carbocycles. The summed E-state index contributed by atoms with van der Waals surface area (Å²) in [6.07, 6.45) is 0.927. The van der Waals surface area contributed by atoms with E-state index in [0.29, 0.717) is 0 Å². The molecule has 1 aromatic rings. The second kappa shape index (κ2) is 5.49. The van der Waals surface area contributed by atoms with Crippen LogP contribution in [0.4, 0.5) is 0 Å². The molecular weight excluding hydrogens is 300 g/mol. The summed E-state index contributed by atoms with van der Waals surface area (Å²) in [6.45, 7) is 2.31. The van der Waals surface area contributed by atoms with Crippen molar-refractivity contribution in [1.82, 2.24) is 0 Å². The first-order valence-corrected chi connectivity index (χ1v) is 6.19. The number of benzene rings is 1. The Balaban J connectivity index is 2.70. The molecule has 1 aliphatic carbocycles. The maximum atomic E-state index is 12.1. The highest BCUT2D eigenvalue weighted by molar-refractivity contribution is 6.49. The number of ketones is 2. The fourth-order valence-electron chi connectivity index (χ4n) is 1.89. The van der Waals surface area contributed by atoms with Gasteiger partial charge in [-0.1, -0.05) is 11.6 Å². The highest BCUT2D eigenvalue weighted by Crippen LogP contribution is 2.37. The Labute approximate surface area is 124 Å². The first-order chi connectivity index (χ1) is 9.81. The molecule has 21 heavy (non-hydrogen) atoms. The minimum absolute atomic E-state index is 0.0906. The average molecular weight is 309 g/mol. The lowest BCUT2D eigenvalue weighted by atomic mass is 9.92. The number of hydrogen-bond acceptors (Lipinski definition) is 6. The lowest BCUT2D eigenvalue weighted by Gasteiger charge is -2.17. The zero-order chi connectivity index (χ0) is 15.7. The summed E-state index contributed by atoms with van der Waals surface area (Å²) >= 11 is 5.70. The van der Waals surface area contributed by atoms with Gasteiger partial charge < -0.3 is 9.47 Å². The van der Waals surface area contributed by atoms with Gasteiger partial charge in [-0.15, -0.1) is 0 Å². The lowest BCUT2D eigenvalue weighted by Crippen LogP contribution is -2.19. The van der Waals surface area contributed by atoms with Gasteiger partial charge in [-0.2, -0.15) is 0 Å². The van der Waals surface area contributed by atoms with Crippen molar-refractivity contribution < 1.29 is 28.7 Å². The smallest absolute Gasteiger partial charge is 0.308 e. The topological polar surface area (TPSA) is 86.7 Å². The van der Waals surface area contributed by atoms with Gasteiger partial charge in [0, 0.05) is 19.9 Å². The molecule has 0 N–H and O–H groups in total. The SMILES string of the molecule is CC(=O)Oc1ccc(OC(C)=O)c2c1C(=O)C=C(Cl)C2=O. The van der Waals surface area contributed by atoms with Crippen LogP contribution in [0.15, 0.2) is 23.2 Å². The molecule has 0 saturated heterocycles. The van der Waals surface area contributed by atoms with Crippen LogP contribution in [0.1, 0.15) is 34.6 Å². The number of esters is 2. The number of carbonyl (C=O) groups excluding carboxylic acids is 4. The van der Waals surface area contributed by atoms with Gasteiger partial charge in [0.25, 0.3) is 0 Å². The van der Waals surface area contributed by atoms with Crippen molar-refractivity contribution >= 4 is 35.1 Å². The molecule has 0 aromatic heterocycles. The quantitative estimate of drug-likeness (QED) is 0.614. The fraction of sp³-hybridized carbons (Fsp3) is 0.143. The van der Waals surface area contributed by atoms with E-state index in [1.165, 1.54) is 12.1 Å². The maximum Gasteiger partial charge on any atom is 0.308 e. The molecular formula is C14H9ClO6. The van der Waals surface area contributed by atoms with Crippen LogP contribution >= 0.6 is 11.6 Å². The van der Waals surface area contributed by atoms with Crippen molar-refractivity contribution in [1.29, 1.82) is 0 Å². The van der Waals surface area contributed by atoms with Gasteiger partial charge in [-0.25, -0.2) is 0 Å². The molecule has 0 heterocycles. The monoisotopic (exact) mass is 308 g/mol. The van der Waals surface area contributed by atoms with Crippen molar-refractivity contribution in [2.45, 2.75) is 13.8 Å². The molecule has 0 spiro atoms. The predicted octanol–water partition coefficient (Wildman–Crippen LogP) is 2.04. The fourth-order valence-corrected chi connectivity index (χ4v) is 2.08. The van der Waals surface area contributed by atoms with Crippen LogP contribution in [0.2, 0.25) is 0 Å². The van der Waals surface area contributed by atoms with Crippen LogP contribution in [0, 0.1) is 0 Å². The van der Waals surface area contributed by atoms with Gasteiger partial charge in [-0.3, -0.25) is 19.2 Å². The van der Waals surface area contributed by atoms with E-state index in [0.717, 1.165) is 19.9 Å². The number of halogens is 1. The molecule has 1 aromatic carbocycles. The second-order valence-electron chi connectivity index (χ2n) is 4.18. The van der Waals surface area contributed by atoms with Crippen molar-refractivity contribution in [3.05, 3.63) is 34.4 Å². The van der Waals surface area contributed by atoms with Gasteiger partial charge in [0.2, 0.25) is 5.78 Å². The zero-order valence-corrected chi connectivity index (χ0v) is 11.8. The molecule has 0 aliphatic heterocycles. The molecule has 7 heteroatoms. The summed E-state index contributed by atoms with van der Waals surface area (Å²) in [6, 6.07) is 2.54. The number of allylic oxidation sites excluding steroid dienone is 2. The third-order valence-corrected chi connectivity index (χ3v) is 2.87. The van der Waals surface area contributed by atoms with E-state index < -0.39 is 23.5 Å². The summed E-state index contributed by atoms with van der Waals surface area (Å²) in [5.74, 6) is -2.82. The molecule has 108 valence electrons. The highest BCUT2D eigenvalue weighted by atomic mass is 35.5. The van der Waals surface area contributed by atoms with Gasteiger partial charge >= 0.3 is 11.9 Å². The van der Waals surface area contributed by atoms with Crippen LogP contribution in [0.3, 0.4) is 0 Å². The molecule has 0 amide bonds. The Hall–Kier alpha value is -2.47.